The standard InChI is InChI=1S/C33H37N3O/c1-5-36-30(32(37)34-28-18-12-10-14-23-13-9-11-17-27(23)28)29(35-31(36)25-15-7-6-8-16-25)24-19-21-26(22-20-24)33(2,3)4/h6-9,11,13,15-17,19-22,28H,5,10,12,14,18H2,1-4H3,(H,34,37). The molecular formula is C33H37N3O. The molecule has 4 heteroatoms. The van der Waals surface area contributed by atoms with E-state index in [-0.39, 0.29) is 17.4 Å². The normalized spacial score (nSPS) is 15.6. The van der Waals surface area contributed by atoms with Crippen LogP contribution in [-0.4, -0.2) is 15.5 Å². The summed E-state index contributed by atoms with van der Waals surface area (Å²) in [6.07, 6.45) is 4.27. The Labute approximate surface area is 220 Å². The van der Waals surface area contributed by atoms with Crippen LogP contribution >= 0.6 is 0 Å². The molecule has 0 saturated heterocycles. The number of amides is 1. The molecule has 0 bridgehead atoms. The number of fused-ring (bicyclic) bond motifs is 1. The van der Waals surface area contributed by atoms with Crippen LogP contribution in [-0.2, 0) is 18.4 Å². The van der Waals surface area contributed by atoms with Gasteiger partial charge >= 0.3 is 0 Å². The lowest BCUT2D eigenvalue weighted by molar-refractivity contribution is 0.0926. The highest BCUT2D eigenvalue weighted by molar-refractivity contribution is 6.00. The fraction of sp³-hybridized carbons (Fsp3) is 0.333. The molecule has 0 spiro atoms. The Balaban J connectivity index is 1.60. The molecule has 1 amide bonds. The fourth-order valence-corrected chi connectivity index (χ4v) is 5.43. The number of carbonyl (C=O) groups is 1. The van der Waals surface area contributed by atoms with Crippen LogP contribution in [0.25, 0.3) is 22.6 Å². The average molecular weight is 492 g/mol. The molecule has 1 unspecified atom stereocenters. The van der Waals surface area contributed by atoms with Crippen molar-refractivity contribution in [3.05, 3.63) is 101 Å². The van der Waals surface area contributed by atoms with Gasteiger partial charge in [-0.15, -0.1) is 0 Å². The topological polar surface area (TPSA) is 46.9 Å². The van der Waals surface area contributed by atoms with E-state index in [1.54, 1.807) is 0 Å². The maximum absolute atomic E-state index is 14.1. The van der Waals surface area contributed by atoms with E-state index in [9.17, 15) is 4.79 Å². The second kappa shape index (κ2) is 10.4. The van der Waals surface area contributed by atoms with E-state index >= 15 is 0 Å². The molecule has 0 aliphatic heterocycles. The zero-order chi connectivity index (χ0) is 26.0. The number of hydrogen-bond donors (Lipinski definition) is 1. The number of imidazole rings is 1. The predicted molar refractivity (Wildman–Crippen MR) is 152 cm³/mol. The molecule has 1 aromatic heterocycles. The summed E-state index contributed by atoms with van der Waals surface area (Å²) in [6, 6.07) is 27.2. The van der Waals surface area contributed by atoms with Gasteiger partial charge in [0, 0.05) is 17.7 Å². The zero-order valence-electron chi connectivity index (χ0n) is 22.4. The Kier molecular flexibility index (Phi) is 7.01. The number of carbonyl (C=O) groups excluding carboxylic acids is 1. The van der Waals surface area contributed by atoms with Crippen molar-refractivity contribution in [1.82, 2.24) is 14.9 Å². The molecule has 4 aromatic rings. The molecule has 1 atom stereocenters. The third kappa shape index (κ3) is 5.11. The van der Waals surface area contributed by atoms with Gasteiger partial charge in [0.05, 0.1) is 6.04 Å². The molecule has 0 saturated carbocycles. The van der Waals surface area contributed by atoms with Crippen LogP contribution in [0.15, 0.2) is 78.9 Å². The Hall–Kier alpha value is -3.66. The van der Waals surface area contributed by atoms with Gasteiger partial charge in [0.15, 0.2) is 0 Å². The number of hydrogen-bond acceptors (Lipinski definition) is 2. The Morgan fingerprint density at radius 1 is 0.919 bits per heavy atom. The number of nitrogens with one attached hydrogen (secondary N) is 1. The second-order valence-corrected chi connectivity index (χ2v) is 11.0. The zero-order valence-corrected chi connectivity index (χ0v) is 22.4. The largest absolute Gasteiger partial charge is 0.344 e. The lowest BCUT2D eigenvalue weighted by Crippen LogP contribution is -2.31. The van der Waals surface area contributed by atoms with Gasteiger partial charge in [-0.1, -0.05) is 106 Å². The van der Waals surface area contributed by atoms with Crippen LogP contribution in [0.4, 0.5) is 0 Å². The fourth-order valence-electron chi connectivity index (χ4n) is 5.43. The van der Waals surface area contributed by atoms with E-state index in [0.717, 1.165) is 48.3 Å². The van der Waals surface area contributed by atoms with E-state index < -0.39 is 0 Å². The Morgan fingerprint density at radius 2 is 1.62 bits per heavy atom. The van der Waals surface area contributed by atoms with E-state index in [1.165, 1.54) is 16.7 Å². The molecule has 0 radical (unpaired) electrons. The smallest absolute Gasteiger partial charge is 0.270 e. The molecular weight excluding hydrogens is 454 g/mol. The van der Waals surface area contributed by atoms with Crippen molar-refractivity contribution in [2.24, 2.45) is 0 Å². The Bertz CT molecular complexity index is 1380. The van der Waals surface area contributed by atoms with Crippen LogP contribution in [0.3, 0.4) is 0 Å². The van der Waals surface area contributed by atoms with E-state index in [0.29, 0.717) is 12.2 Å². The predicted octanol–water partition coefficient (Wildman–Crippen LogP) is 7.73. The maximum atomic E-state index is 14.1. The van der Waals surface area contributed by atoms with Gasteiger partial charge in [0.1, 0.15) is 17.2 Å². The summed E-state index contributed by atoms with van der Waals surface area (Å²) in [7, 11) is 0. The summed E-state index contributed by atoms with van der Waals surface area (Å²) < 4.78 is 2.07. The molecule has 37 heavy (non-hydrogen) atoms. The highest BCUT2D eigenvalue weighted by Crippen LogP contribution is 2.33. The summed E-state index contributed by atoms with van der Waals surface area (Å²) in [5, 5.41) is 3.42. The van der Waals surface area contributed by atoms with Crippen LogP contribution in [0.2, 0.25) is 0 Å². The highest BCUT2D eigenvalue weighted by atomic mass is 16.2. The van der Waals surface area contributed by atoms with Crippen molar-refractivity contribution in [1.29, 1.82) is 0 Å². The minimum atomic E-state index is -0.0619. The van der Waals surface area contributed by atoms with E-state index in [2.05, 4.69) is 98.2 Å². The first kappa shape index (κ1) is 25.0. The van der Waals surface area contributed by atoms with Gasteiger partial charge in [-0.3, -0.25) is 4.79 Å². The van der Waals surface area contributed by atoms with Crippen molar-refractivity contribution in [2.45, 2.75) is 71.4 Å². The van der Waals surface area contributed by atoms with Crippen LogP contribution < -0.4 is 5.32 Å². The van der Waals surface area contributed by atoms with Gasteiger partial charge in [-0.25, -0.2) is 4.98 Å². The highest BCUT2D eigenvalue weighted by Gasteiger charge is 2.28. The van der Waals surface area contributed by atoms with Crippen molar-refractivity contribution in [3.8, 4) is 22.6 Å². The third-order valence-electron chi connectivity index (χ3n) is 7.48. The monoisotopic (exact) mass is 491 g/mol. The van der Waals surface area contributed by atoms with Gasteiger partial charge in [-0.05, 0) is 48.3 Å². The van der Waals surface area contributed by atoms with Gasteiger partial charge in [0.25, 0.3) is 5.91 Å². The van der Waals surface area contributed by atoms with Crippen molar-refractivity contribution >= 4 is 5.91 Å². The SMILES string of the molecule is CCn1c(-c2ccccc2)nc(-c2ccc(C(C)(C)C)cc2)c1C(=O)NC1CCCCc2ccccc21. The number of rotatable bonds is 5. The molecule has 1 aliphatic carbocycles. The van der Waals surface area contributed by atoms with E-state index in [1.807, 2.05) is 18.2 Å². The van der Waals surface area contributed by atoms with Crippen molar-refractivity contribution < 1.29 is 4.79 Å². The summed E-state index contributed by atoms with van der Waals surface area (Å²) in [5.41, 5.74) is 7.25. The van der Waals surface area contributed by atoms with Crippen molar-refractivity contribution in [2.75, 3.05) is 0 Å². The third-order valence-corrected chi connectivity index (χ3v) is 7.48. The van der Waals surface area contributed by atoms with Crippen LogP contribution in [0, 0.1) is 0 Å². The van der Waals surface area contributed by atoms with Crippen molar-refractivity contribution in [3.63, 3.8) is 0 Å². The van der Waals surface area contributed by atoms with Crippen LogP contribution in [0.1, 0.15) is 80.2 Å². The number of aryl methyl sites for hydroxylation is 1. The number of aromatic nitrogens is 2. The van der Waals surface area contributed by atoms with Gasteiger partial charge < -0.3 is 9.88 Å². The maximum Gasteiger partial charge on any atom is 0.270 e. The lowest BCUT2D eigenvalue weighted by Gasteiger charge is -2.21. The summed E-state index contributed by atoms with van der Waals surface area (Å²) in [4.78, 5) is 19.2. The quantitative estimate of drug-likeness (QED) is 0.290. The minimum absolute atomic E-state index is 0.00250. The molecule has 0 fully saturated rings. The van der Waals surface area contributed by atoms with E-state index in [4.69, 9.17) is 4.98 Å². The first-order valence-electron chi connectivity index (χ1n) is 13.5. The molecule has 190 valence electrons. The number of nitrogens with zero attached hydrogens (tertiary/aromatic N) is 2. The Morgan fingerprint density at radius 3 is 2.32 bits per heavy atom. The van der Waals surface area contributed by atoms with Crippen LogP contribution in [0.5, 0.6) is 0 Å². The number of benzene rings is 3. The minimum Gasteiger partial charge on any atom is -0.344 e. The summed E-state index contributed by atoms with van der Waals surface area (Å²) >= 11 is 0. The molecule has 5 rings (SSSR count). The molecule has 1 aliphatic rings. The first-order valence-corrected chi connectivity index (χ1v) is 13.5. The first-order chi connectivity index (χ1) is 17.9. The average Bonchev–Trinajstić information content (AvgIpc) is 3.19. The lowest BCUT2D eigenvalue weighted by atomic mass is 9.86. The second-order valence-electron chi connectivity index (χ2n) is 11.0. The summed E-state index contributed by atoms with van der Waals surface area (Å²) in [5.74, 6) is 0.762. The molecule has 1 heterocycles. The van der Waals surface area contributed by atoms with Gasteiger partial charge in [-0.2, -0.15) is 0 Å². The molecule has 4 nitrogen and oxygen atoms in total. The molecule has 1 N–H and O–H groups in total. The van der Waals surface area contributed by atoms with Gasteiger partial charge in [0.2, 0.25) is 0 Å². The molecule has 3 aromatic carbocycles. The summed E-state index contributed by atoms with van der Waals surface area (Å²) in [6.45, 7) is 9.37.